The summed E-state index contributed by atoms with van der Waals surface area (Å²) in [6.45, 7) is 8.64. The van der Waals surface area contributed by atoms with Crippen molar-refractivity contribution in [3.8, 4) is 0 Å². The van der Waals surface area contributed by atoms with Gasteiger partial charge in [0, 0.05) is 44.3 Å². The minimum atomic E-state index is -3.34. The monoisotopic (exact) mass is 417 g/mol. The lowest BCUT2D eigenvalue weighted by Crippen LogP contribution is -2.53. The lowest BCUT2D eigenvalue weighted by Gasteiger charge is -2.38. The number of piperazine rings is 1. The Labute approximate surface area is 165 Å². The Morgan fingerprint density at radius 3 is 2.43 bits per heavy atom. The molecule has 0 saturated carbocycles. The number of benzene rings is 1. The van der Waals surface area contributed by atoms with Gasteiger partial charge in [-0.25, -0.2) is 21.9 Å². The minimum absolute atomic E-state index is 0.264. The van der Waals surface area contributed by atoms with E-state index in [1.54, 1.807) is 13.8 Å². The summed E-state index contributed by atoms with van der Waals surface area (Å²) in [5.41, 5.74) is -0.457. The highest BCUT2D eigenvalue weighted by molar-refractivity contribution is 7.88. The highest BCUT2D eigenvalue weighted by Crippen LogP contribution is 2.22. The summed E-state index contributed by atoms with van der Waals surface area (Å²) in [7, 11) is -3.34. The zero-order chi connectivity index (χ0) is 20.9. The summed E-state index contributed by atoms with van der Waals surface area (Å²) in [5, 5.41) is 3.21. The minimum Gasteiger partial charge on any atom is -0.366 e. The summed E-state index contributed by atoms with van der Waals surface area (Å²) in [5.74, 6) is -0.233. The van der Waals surface area contributed by atoms with Crippen molar-refractivity contribution in [1.29, 1.82) is 0 Å². The maximum absolute atomic E-state index is 14.0. The zero-order valence-corrected chi connectivity index (χ0v) is 17.6. The van der Waals surface area contributed by atoms with Gasteiger partial charge in [-0.3, -0.25) is 4.99 Å². The average molecular weight is 418 g/mol. The topological polar surface area (TPSA) is 77.0 Å². The second-order valence-corrected chi connectivity index (χ2v) is 9.25. The molecule has 2 rings (SSSR count). The normalized spacial score (nSPS) is 16.4. The number of guanidine groups is 1. The van der Waals surface area contributed by atoms with Gasteiger partial charge < -0.3 is 15.1 Å². The molecule has 1 saturated heterocycles. The smallest absolute Gasteiger partial charge is 0.209 e. The van der Waals surface area contributed by atoms with Gasteiger partial charge in [0.15, 0.2) is 5.96 Å². The van der Waals surface area contributed by atoms with Gasteiger partial charge in [0.25, 0.3) is 0 Å². The van der Waals surface area contributed by atoms with Crippen LogP contribution >= 0.6 is 0 Å². The number of nitrogens with one attached hydrogen (secondary N) is 2. The van der Waals surface area contributed by atoms with E-state index in [1.165, 1.54) is 6.07 Å². The van der Waals surface area contributed by atoms with E-state index >= 15 is 0 Å². The van der Waals surface area contributed by atoms with Crippen molar-refractivity contribution in [2.24, 2.45) is 4.99 Å². The van der Waals surface area contributed by atoms with E-state index in [1.807, 2.05) is 16.7 Å². The number of hydrogen-bond acceptors (Lipinski definition) is 4. The van der Waals surface area contributed by atoms with E-state index in [2.05, 4.69) is 15.0 Å². The predicted octanol–water partition coefficient (Wildman–Crippen LogP) is 1.38. The van der Waals surface area contributed by atoms with Gasteiger partial charge in [0.2, 0.25) is 10.0 Å². The molecule has 28 heavy (non-hydrogen) atoms. The van der Waals surface area contributed by atoms with Gasteiger partial charge in [-0.1, -0.05) is 0 Å². The third-order valence-electron chi connectivity index (χ3n) is 4.25. The van der Waals surface area contributed by atoms with Crippen LogP contribution in [0, 0.1) is 11.6 Å². The lowest BCUT2D eigenvalue weighted by atomic mass is 10.1. The fourth-order valence-electron chi connectivity index (χ4n) is 3.12. The predicted molar refractivity (Wildman–Crippen MR) is 108 cm³/mol. The molecule has 1 aliphatic rings. The highest BCUT2D eigenvalue weighted by Gasteiger charge is 2.25. The van der Waals surface area contributed by atoms with Crippen LogP contribution in [0.5, 0.6) is 0 Å². The first kappa shape index (κ1) is 22.4. The Balaban J connectivity index is 2.05. The second kappa shape index (κ2) is 9.04. The third-order valence-corrected chi connectivity index (χ3v) is 5.17. The standard InChI is InChI=1S/C18H29F2N5O2S/c1-5-21-17(22-13-18(2,3)23-28(4,26)27)25-10-8-24(9-11-25)16-12-14(19)6-7-15(16)20/h6-7,12,23H,5,8-11,13H2,1-4H3,(H,21,22). The molecule has 10 heteroatoms. The van der Waals surface area contributed by atoms with Crippen LogP contribution in [-0.2, 0) is 10.0 Å². The van der Waals surface area contributed by atoms with E-state index in [9.17, 15) is 17.2 Å². The van der Waals surface area contributed by atoms with Crippen molar-refractivity contribution in [3.63, 3.8) is 0 Å². The summed E-state index contributed by atoms with van der Waals surface area (Å²) in [6, 6.07) is 3.46. The van der Waals surface area contributed by atoms with Gasteiger partial charge in [-0.15, -0.1) is 0 Å². The van der Waals surface area contributed by atoms with E-state index in [-0.39, 0.29) is 12.2 Å². The van der Waals surface area contributed by atoms with Crippen molar-refractivity contribution in [1.82, 2.24) is 14.9 Å². The molecular weight excluding hydrogens is 388 g/mol. The van der Waals surface area contributed by atoms with Gasteiger partial charge in [0.1, 0.15) is 11.6 Å². The molecule has 0 amide bonds. The van der Waals surface area contributed by atoms with Crippen LogP contribution in [0.15, 0.2) is 23.2 Å². The Morgan fingerprint density at radius 2 is 1.86 bits per heavy atom. The molecule has 0 unspecified atom stereocenters. The van der Waals surface area contributed by atoms with E-state index in [0.717, 1.165) is 18.4 Å². The van der Waals surface area contributed by atoms with Crippen LogP contribution in [0.2, 0.25) is 0 Å². The molecule has 0 aromatic heterocycles. The first-order valence-corrected chi connectivity index (χ1v) is 11.1. The first-order chi connectivity index (χ1) is 13.0. The molecule has 0 spiro atoms. The number of anilines is 1. The van der Waals surface area contributed by atoms with Gasteiger partial charge in [0.05, 0.1) is 18.5 Å². The molecule has 7 nitrogen and oxygen atoms in total. The molecule has 1 heterocycles. The number of rotatable bonds is 6. The lowest BCUT2D eigenvalue weighted by molar-refractivity contribution is 0.367. The molecule has 0 aliphatic carbocycles. The molecule has 0 radical (unpaired) electrons. The number of sulfonamides is 1. The number of hydrogen-bond donors (Lipinski definition) is 2. The van der Waals surface area contributed by atoms with Crippen LogP contribution in [0.4, 0.5) is 14.5 Å². The van der Waals surface area contributed by atoms with Crippen LogP contribution in [0.25, 0.3) is 0 Å². The number of nitrogens with zero attached hydrogens (tertiary/aromatic N) is 3. The van der Waals surface area contributed by atoms with Crippen molar-refractivity contribution >= 4 is 21.7 Å². The summed E-state index contributed by atoms with van der Waals surface area (Å²) in [6.07, 6.45) is 1.12. The van der Waals surface area contributed by atoms with Crippen LogP contribution < -0.4 is 14.9 Å². The second-order valence-electron chi connectivity index (χ2n) is 7.50. The van der Waals surface area contributed by atoms with Crippen molar-refractivity contribution < 1.29 is 17.2 Å². The van der Waals surface area contributed by atoms with Crippen LogP contribution in [0.1, 0.15) is 20.8 Å². The molecule has 1 fully saturated rings. The van der Waals surface area contributed by atoms with Crippen molar-refractivity contribution in [2.45, 2.75) is 26.3 Å². The fourth-order valence-corrected chi connectivity index (χ4v) is 4.19. The van der Waals surface area contributed by atoms with Crippen LogP contribution in [0.3, 0.4) is 0 Å². The maximum atomic E-state index is 14.0. The Hall–Kier alpha value is -1.94. The van der Waals surface area contributed by atoms with Gasteiger partial charge in [-0.2, -0.15) is 0 Å². The molecule has 158 valence electrons. The summed E-state index contributed by atoms with van der Waals surface area (Å²) < 4.78 is 53.0. The summed E-state index contributed by atoms with van der Waals surface area (Å²) >= 11 is 0. The van der Waals surface area contributed by atoms with E-state index < -0.39 is 27.2 Å². The average Bonchev–Trinajstić information content (AvgIpc) is 2.59. The molecule has 2 N–H and O–H groups in total. The SMILES string of the molecule is CCNC(=NCC(C)(C)NS(C)(=O)=O)N1CCN(c2cc(F)ccc2F)CC1. The van der Waals surface area contributed by atoms with Crippen LogP contribution in [-0.4, -0.2) is 70.3 Å². The summed E-state index contributed by atoms with van der Waals surface area (Å²) in [4.78, 5) is 8.42. The molecule has 0 atom stereocenters. The van der Waals surface area contributed by atoms with E-state index in [0.29, 0.717) is 38.7 Å². The number of aliphatic imine (C=N–C) groups is 1. The van der Waals surface area contributed by atoms with Gasteiger partial charge >= 0.3 is 0 Å². The van der Waals surface area contributed by atoms with E-state index in [4.69, 9.17) is 0 Å². The molecule has 1 aromatic carbocycles. The largest absolute Gasteiger partial charge is 0.366 e. The zero-order valence-electron chi connectivity index (χ0n) is 16.8. The Morgan fingerprint density at radius 1 is 1.21 bits per heavy atom. The van der Waals surface area contributed by atoms with Crippen molar-refractivity contribution in [3.05, 3.63) is 29.8 Å². The maximum Gasteiger partial charge on any atom is 0.209 e. The molecule has 1 aliphatic heterocycles. The molecule has 1 aromatic rings. The first-order valence-electron chi connectivity index (χ1n) is 9.23. The fraction of sp³-hybridized carbons (Fsp3) is 0.611. The molecular formula is C18H29F2N5O2S. The molecule has 0 bridgehead atoms. The quantitative estimate of drug-likeness (QED) is 0.540. The Kier molecular flexibility index (Phi) is 7.22. The third kappa shape index (κ3) is 6.59. The van der Waals surface area contributed by atoms with Gasteiger partial charge in [-0.05, 0) is 32.9 Å². The Bertz CT molecular complexity index is 806. The number of halogens is 2. The van der Waals surface area contributed by atoms with Crippen molar-refractivity contribution in [2.75, 3.05) is 50.4 Å². The highest BCUT2D eigenvalue weighted by atomic mass is 32.2.